The number of carbonyl (C=O) groups is 1. The van der Waals surface area contributed by atoms with Gasteiger partial charge in [0.25, 0.3) is 15.9 Å². The first kappa shape index (κ1) is 21.6. The average molecular weight is 423 g/mol. The minimum absolute atomic E-state index is 0.0816. The summed E-state index contributed by atoms with van der Waals surface area (Å²) in [5.74, 6) is -0.321. The van der Waals surface area contributed by atoms with E-state index in [4.69, 9.17) is 0 Å². The van der Waals surface area contributed by atoms with E-state index in [0.717, 1.165) is 16.7 Å². The lowest BCUT2D eigenvalue weighted by molar-refractivity contribution is 0.0939. The third kappa shape index (κ3) is 4.89. The van der Waals surface area contributed by atoms with E-state index in [0.29, 0.717) is 16.8 Å². The number of benzene rings is 3. The molecule has 0 saturated heterocycles. The average Bonchev–Trinajstić information content (AvgIpc) is 2.68. The molecule has 6 heteroatoms. The van der Waals surface area contributed by atoms with Gasteiger partial charge in [-0.2, -0.15) is 0 Å². The maximum absolute atomic E-state index is 12.9. The number of rotatable bonds is 6. The molecule has 0 unspecified atom stereocenters. The predicted molar refractivity (Wildman–Crippen MR) is 120 cm³/mol. The van der Waals surface area contributed by atoms with Crippen LogP contribution in [0.25, 0.3) is 0 Å². The second-order valence-electron chi connectivity index (χ2n) is 7.51. The molecular formula is C24H26N2O3S. The summed E-state index contributed by atoms with van der Waals surface area (Å²) in [5, 5.41) is 2.97. The minimum atomic E-state index is -3.82. The fraction of sp³-hybridized carbons (Fsp3) is 0.208. The van der Waals surface area contributed by atoms with Gasteiger partial charge in [-0.25, -0.2) is 8.42 Å². The Morgan fingerprint density at radius 2 is 1.57 bits per heavy atom. The lowest BCUT2D eigenvalue weighted by atomic mass is 10.00. The van der Waals surface area contributed by atoms with Crippen LogP contribution in [-0.2, 0) is 10.0 Å². The number of sulfonamides is 1. The number of hydrogen-bond donors (Lipinski definition) is 2. The number of aryl methyl sites for hydroxylation is 3. The molecule has 1 amide bonds. The van der Waals surface area contributed by atoms with Crippen LogP contribution in [0.2, 0.25) is 0 Å². The van der Waals surface area contributed by atoms with Crippen molar-refractivity contribution in [3.05, 3.63) is 94.5 Å². The lowest BCUT2D eigenvalue weighted by Crippen LogP contribution is -2.27. The van der Waals surface area contributed by atoms with E-state index in [1.165, 1.54) is 6.07 Å². The largest absolute Gasteiger partial charge is 0.346 e. The van der Waals surface area contributed by atoms with Crippen LogP contribution in [-0.4, -0.2) is 14.3 Å². The number of hydrogen-bond acceptors (Lipinski definition) is 3. The molecule has 0 saturated carbocycles. The van der Waals surface area contributed by atoms with E-state index in [1.807, 2.05) is 39.0 Å². The molecule has 0 radical (unpaired) electrons. The number of amides is 1. The highest BCUT2D eigenvalue weighted by Gasteiger charge is 2.20. The maximum Gasteiger partial charge on any atom is 0.262 e. The standard InChI is InChI=1S/C24H26N2O3S/c1-16-10-13-22(18(3)14-16)19(4)25-24(27)20-12-11-17(2)23(15-20)30(28,29)26-21-8-6-5-7-9-21/h5-15,19,26H,1-4H3,(H,25,27)/t19-/m1/s1. The van der Waals surface area contributed by atoms with Crippen LogP contribution in [0.1, 0.15) is 45.6 Å². The summed E-state index contributed by atoms with van der Waals surface area (Å²) in [5.41, 5.74) is 4.62. The Kier molecular flexibility index (Phi) is 6.27. The van der Waals surface area contributed by atoms with Crippen LogP contribution in [0.4, 0.5) is 5.69 Å². The highest BCUT2D eigenvalue weighted by molar-refractivity contribution is 7.92. The number of anilines is 1. The molecule has 156 valence electrons. The first-order valence-corrected chi connectivity index (χ1v) is 11.2. The van der Waals surface area contributed by atoms with Crippen molar-refractivity contribution in [2.45, 2.75) is 38.6 Å². The molecule has 0 aliphatic rings. The van der Waals surface area contributed by atoms with Gasteiger partial charge in [0.15, 0.2) is 0 Å². The zero-order valence-electron chi connectivity index (χ0n) is 17.6. The second-order valence-corrected chi connectivity index (χ2v) is 9.16. The van der Waals surface area contributed by atoms with E-state index < -0.39 is 10.0 Å². The quantitative estimate of drug-likeness (QED) is 0.593. The summed E-state index contributed by atoms with van der Waals surface area (Å²) in [6.45, 7) is 7.66. The molecule has 0 bridgehead atoms. The Morgan fingerprint density at radius 1 is 0.867 bits per heavy atom. The number of nitrogens with one attached hydrogen (secondary N) is 2. The second kappa shape index (κ2) is 8.71. The Morgan fingerprint density at radius 3 is 2.23 bits per heavy atom. The normalized spacial score (nSPS) is 12.3. The molecule has 2 N–H and O–H groups in total. The fourth-order valence-corrected chi connectivity index (χ4v) is 4.75. The van der Waals surface area contributed by atoms with Crippen LogP contribution < -0.4 is 10.0 Å². The molecule has 0 fully saturated rings. The van der Waals surface area contributed by atoms with Crippen LogP contribution >= 0.6 is 0 Å². The molecule has 5 nitrogen and oxygen atoms in total. The summed E-state index contributed by atoms with van der Waals surface area (Å²) in [4.78, 5) is 12.9. The van der Waals surface area contributed by atoms with Crippen molar-refractivity contribution in [3.8, 4) is 0 Å². The van der Waals surface area contributed by atoms with Crippen molar-refractivity contribution < 1.29 is 13.2 Å². The van der Waals surface area contributed by atoms with Crippen molar-refractivity contribution in [1.29, 1.82) is 0 Å². The SMILES string of the molecule is Cc1ccc([C@@H](C)NC(=O)c2ccc(C)c(S(=O)(=O)Nc3ccccc3)c2)c(C)c1. The molecule has 0 aliphatic carbocycles. The summed E-state index contributed by atoms with van der Waals surface area (Å²) in [7, 11) is -3.82. The van der Waals surface area contributed by atoms with Gasteiger partial charge in [-0.1, -0.05) is 48.0 Å². The van der Waals surface area contributed by atoms with Crippen molar-refractivity contribution in [2.75, 3.05) is 4.72 Å². The maximum atomic E-state index is 12.9. The van der Waals surface area contributed by atoms with Crippen molar-refractivity contribution >= 4 is 21.6 Å². The molecule has 3 rings (SSSR count). The van der Waals surface area contributed by atoms with Crippen molar-refractivity contribution in [3.63, 3.8) is 0 Å². The molecular weight excluding hydrogens is 396 g/mol. The van der Waals surface area contributed by atoms with Gasteiger partial charge in [-0.3, -0.25) is 9.52 Å². The Labute approximate surface area is 178 Å². The molecule has 3 aromatic rings. The van der Waals surface area contributed by atoms with Gasteiger partial charge >= 0.3 is 0 Å². The van der Waals surface area contributed by atoms with Crippen LogP contribution in [0.15, 0.2) is 71.6 Å². The van der Waals surface area contributed by atoms with Gasteiger partial charge in [0.05, 0.1) is 10.9 Å². The van der Waals surface area contributed by atoms with Crippen molar-refractivity contribution in [1.82, 2.24) is 5.32 Å². The molecule has 0 aliphatic heterocycles. The summed E-state index contributed by atoms with van der Waals surface area (Å²) in [6, 6.07) is 19.3. The number of para-hydroxylation sites is 1. The Bertz CT molecular complexity index is 1170. The van der Waals surface area contributed by atoms with Gasteiger partial charge in [-0.05, 0) is 68.7 Å². The monoisotopic (exact) mass is 422 g/mol. The Hall–Kier alpha value is -3.12. The molecule has 0 heterocycles. The van der Waals surface area contributed by atoms with E-state index >= 15 is 0 Å². The summed E-state index contributed by atoms with van der Waals surface area (Å²) < 4.78 is 28.3. The van der Waals surface area contributed by atoms with Gasteiger partial charge in [-0.15, -0.1) is 0 Å². The molecule has 30 heavy (non-hydrogen) atoms. The fourth-order valence-electron chi connectivity index (χ4n) is 3.42. The first-order valence-electron chi connectivity index (χ1n) is 9.74. The smallest absolute Gasteiger partial charge is 0.262 e. The first-order chi connectivity index (χ1) is 14.2. The molecule has 0 aromatic heterocycles. The van der Waals surface area contributed by atoms with Gasteiger partial charge in [0, 0.05) is 11.3 Å². The topological polar surface area (TPSA) is 75.3 Å². The zero-order valence-corrected chi connectivity index (χ0v) is 18.4. The molecule has 0 spiro atoms. The van der Waals surface area contributed by atoms with E-state index in [9.17, 15) is 13.2 Å². The molecule has 1 atom stereocenters. The van der Waals surface area contributed by atoms with Gasteiger partial charge in [0.1, 0.15) is 0 Å². The lowest BCUT2D eigenvalue weighted by Gasteiger charge is -2.18. The van der Waals surface area contributed by atoms with Crippen LogP contribution in [0.3, 0.4) is 0 Å². The third-order valence-electron chi connectivity index (χ3n) is 5.01. The van der Waals surface area contributed by atoms with E-state index in [-0.39, 0.29) is 16.8 Å². The van der Waals surface area contributed by atoms with Crippen LogP contribution in [0.5, 0.6) is 0 Å². The Balaban J connectivity index is 1.84. The highest BCUT2D eigenvalue weighted by Crippen LogP contribution is 2.22. The highest BCUT2D eigenvalue weighted by atomic mass is 32.2. The third-order valence-corrected chi connectivity index (χ3v) is 6.53. The molecule has 3 aromatic carbocycles. The summed E-state index contributed by atoms with van der Waals surface area (Å²) >= 11 is 0. The number of carbonyl (C=O) groups excluding carboxylic acids is 1. The van der Waals surface area contributed by atoms with E-state index in [2.05, 4.69) is 16.1 Å². The predicted octanol–water partition coefficient (Wildman–Crippen LogP) is 4.90. The minimum Gasteiger partial charge on any atom is -0.346 e. The zero-order chi connectivity index (χ0) is 21.9. The summed E-state index contributed by atoms with van der Waals surface area (Å²) in [6.07, 6.45) is 0. The van der Waals surface area contributed by atoms with E-state index in [1.54, 1.807) is 43.3 Å². The van der Waals surface area contributed by atoms with Crippen LogP contribution in [0, 0.1) is 20.8 Å². The van der Waals surface area contributed by atoms with Gasteiger partial charge in [0.2, 0.25) is 0 Å². The van der Waals surface area contributed by atoms with Crippen molar-refractivity contribution in [2.24, 2.45) is 0 Å². The van der Waals surface area contributed by atoms with Gasteiger partial charge < -0.3 is 5.32 Å².